The molecular weight excluding hydrogens is 143 g/mol. The van der Waals surface area contributed by atoms with Gasteiger partial charge in [-0.15, -0.1) is 6.42 Å². The molecule has 0 spiro atoms. The van der Waals surface area contributed by atoms with E-state index in [4.69, 9.17) is 10.8 Å². The summed E-state index contributed by atoms with van der Waals surface area (Å²) in [7, 11) is 0. The summed E-state index contributed by atoms with van der Waals surface area (Å²) in [5.41, 5.74) is 0. The molecule has 11 heavy (non-hydrogen) atoms. The van der Waals surface area contributed by atoms with Gasteiger partial charge in [-0.05, 0) is 18.6 Å². The van der Waals surface area contributed by atoms with Crippen LogP contribution in [0.4, 0.5) is 4.39 Å². The molecule has 0 aliphatic rings. The molecule has 0 saturated carbocycles. The third kappa shape index (κ3) is 2.46. The lowest BCUT2D eigenvalue weighted by Gasteiger charge is -1.96. The highest BCUT2D eigenvalue weighted by Crippen LogP contribution is 2.06. The van der Waals surface area contributed by atoms with Gasteiger partial charge in [0, 0.05) is 6.42 Å². The summed E-state index contributed by atoms with van der Waals surface area (Å²) >= 11 is 0. The second-order valence-corrected chi connectivity index (χ2v) is 2.25. The molecular formula is C9H9FO. The molecule has 0 amide bonds. The minimum absolute atomic E-state index is 0.337. The van der Waals surface area contributed by atoms with Crippen LogP contribution in [-0.4, -0.2) is 6.17 Å². The van der Waals surface area contributed by atoms with E-state index in [0.717, 1.165) is 5.76 Å². The van der Waals surface area contributed by atoms with Crippen LogP contribution in [0, 0.1) is 12.3 Å². The van der Waals surface area contributed by atoms with Crippen molar-refractivity contribution in [2.45, 2.75) is 19.0 Å². The lowest BCUT2D eigenvalue weighted by atomic mass is 10.2. The lowest BCUT2D eigenvalue weighted by Crippen LogP contribution is -1.96. The fourth-order valence-corrected chi connectivity index (χ4v) is 0.807. The van der Waals surface area contributed by atoms with Crippen LogP contribution in [0.1, 0.15) is 12.2 Å². The largest absolute Gasteiger partial charge is 0.469 e. The number of halogens is 1. The highest BCUT2D eigenvalue weighted by atomic mass is 19.1. The Bertz CT molecular complexity index is 233. The van der Waals surface area contributed by atoms with Crippen molar-refractivity contribution in [3.8, 4) is 12.3 Å². The standard InChI is InChI=1S/C9H9FO/c1-2-8(10)5-6-9-4-3-7-11-9/h1,3-4,7-8H,5-6H2. The normalized spacial score (nSPS) is 12.4. The van der Waals surface area contributed by atoms with Gasteiger partial charge in [0.05, 0.1) is 6.26 Å². The molecule has 58 valence electrons. The first-order valence-electron chi connectivity index (χ1n) is 3.45. The van der Waals surface area contributed by atoms with E-state index in [1.54, 1.807) is 12.3 Å². The van der Waals surface area contributed by atoms with Crippen LogP contribution in [0.15, 0.2) is 22.8 Å². The highest BCUT2D eigenvalue weighted by molar-refractivity contribution is 5.01. The second-order valence-electron chi connectivity index (χ2n) is 2.25. The van der Waals surface area contributed by atoms with Gasteiger partial charge in [-0.3, -0.25) is 0 Å². The SMILES string of the molecule is C#CC(F)CCc1ccco1. The van der Waals surface area contributed by atoms with E-state index in [1.807, 2.05) is 12.0 Å². The van der Waals surface area contributed by atoms with E-state index in [-0.39, 0.29) is 0 Å². The molecule has 0 aromatic carbocycles. The minimum Gasteiger partial charge on any atom is -0.469 e. The molecule has 1 nitrogen and oxygen atoms in total. The van der Waals surface area contributed by atoms with E-state index < -0.39 is 6.17 Å². The van der Waals surface area contributed by atoms with Gasteiger partial charge in [0.15, 0.2) is 6.17 Å². The van der Waals surface area contributed by atoms with Gasteiger partial charge in [0.1, 0.15) is 5.76 Å². The maximum absolute atomic E-state index is 12.4. The van der Waals surface area contributed by atoms with E-state index >= 15 is 0 Å². The smallest absolute Gasteiger partial charge is 0.160 e. The topological polar surface area (TPSA) is 13.1 Å². The Morgan fingerprint density at radius 3 is 3.09 bits per heavy atom. The van der Waals surface area contributed by atoms with Crippen LogP contribution in [-0.2, 0) is 6.42 Å². The summed E-state index contributed by atoms with van der Waals surface area (Å²) in [4.78, 5) is 0. The molecule has 0 bridgehead atoms. The molecule has 0 radical (unpaired) electrons. The Balaban J connectivity index is 2.30. The first-order chi connectivity index (χ1) is 5.33. The number of aryl methyl sites for hydroxylation is 1. The van der Waals surface area contributed by atoms with Gasteiger partial charge in [0.2, 0.25) is 0 Å². The summed E-state index contributed by atoms with van der Waals surface area (Å²) in [6, 6.07) is 3.59. The van der Waals surface area contributed by atoms with Crippen LogP contribution in [0.25, 0.3) is 0 Å². The lowest BCUT2D eigenvalue weighted by molar-refractivity contribution is 0.377. The molecule has 0 aliphatic heterocycles. The number of hydrogen-bond acceptors (Lipinski definition) is 1. The molecule has 1 heterocycles. The van der Waals surface area contributed by atoms with Gasteiger partial charge in [0.25, 0.3) is 0 Å². The summed E-state index contributed by atoms with van der Waals surface area (Å²) in [6.45, 7) is 0. The number of rotatable bonds is 3. The molecule has 0 N–H and O–H groups in total. The summed E-state index contributed by atoms with van der Waals surface area (Å²) in [6.07, 6.45) is 6.18. The summed E-state index contributed by atoms with van der Waals surface area (Å²) in [5.74, 6) is 2.80. The molecule has 1 atom stereocenters. The zero-order chi connectivity index (χ0) is 8.10. The summed E-state index contributed by atoms with van der Waals surface area (Å²) in [5, 5.41) is 0. The average Bonchev–Trinajstić information content (AvgIpc) is 2.52. The first kappa shape index (κ1) is 7.87. The van der Waals surface area contributed by atoms with Gasteiger partial charge in [-0.1, -0.05) is 5.92 Å². The Labute approximate surface area is 65.2 Å². The fourth-order valence-electron chi connectivity index (χ4n) is 0.807. The van der Waals surface area contributed by atoms with Gasteiger partial charge >= 0.3 is 0 Å². The average molecular weight is 152 g/mol. The fraction of sp³-hybridized carbons (Fsp3) is 0.333. The maximum Gasteiger partial charge on any atom is 0.160 e. The van der Waals surface area contributed by atoms with Crippen LogP contribution < -0.4 is 0 Å². The van der Waals surface area contributed by atoms with Crippen molar-refractivity contribution in [3.05, 3.63) is 24.2 Å². The first-order valence-corrected chi connectivity index (χ1v) is 3.45. The molecule has 1 unspecified atom stereocenters. The molecule has 0 aliphatic carbocycles. The van der Waals surface area contributed by atoms with Crippen LogP contribution in [0.2, 0.25) is 0 Å². The van der Waals surface area contributed by atoms with Crippen molar-refractivity contribution in [3.63, 3.8) is 0 Å². The molecule has 0 saturated heterocycles. The molecule has 1 aromatic heterocycles. The molecule has 0 fully saturated rings. The van der Waals surface area contributed by atoms with Crippen molar-refractivity contribution in [2.24, 2.45) is 0 Å². The van der Waals surface area contributed by atoms with Gasteiger partial charge in [-0.25, -0.2) is 4.39 Å². The van der Waals surface area contributed by atoms with Gasteiger partial charge < -0.3 is 4.42 Å². The van der Waals surface area contributed by atoms with Crippen LogP contribution >= 0.6 is 0 Å². The predicted molar refractivity (Wildman–Crippen MR) is 40.8 cm³/mol. The zero-order valence-electron chi connectivity index (χ0n) is 6.09. The van der Waals surface area contributed by atoms with E-state index in [0.29, 0.717) is 12.8 Å². The van der Waals surface area contributed by atoms with E-state index in [1.165, 1.54) is 0 Å². The van der Waals surface area contributed by atoms with Crippen molar-refractivity contribution in [1.82, 2.24) is 0 Å². The predicted octanol–water partition coefficient (Wildman–Crippen LogP) is 2.18. The third-order valence-corrected chi connectivity index (χ3v) is 1.41. The maximum atomic E-state index is 12.4. The molecule has 1 aromatic rings. The quantitative estimate of drug-likeness (QED) is 0.605. The zero-order valence-corrected chi connectivity index (χ0v) is 6.09. The molecule has 1 rings (SSSR count). The second kappa shape index (κ2) is 3.82. The Morgan fingerprint density at radius 2 is 2.55 bits per heavy atom. The van der Waals surface area contributed by atoms with E-state index in [9.17, 15) is 4.39 Å². The Kier molecular flexibility index (Phi) is 2.74. The van der Waals surface area contributed by atoms with E-state index in [2.05, 4.69) is 0 Å². The monoisotopic (exact) mass is 152 g/mol. The number of terminal acetylenes is 1. The van der Waals surface area contributed by atoms with Crippen molar-refractivity contribution in [1.29, 1.82) is 0 Å². The van der Waals surface area contributed by atoms with Gasteiger partial charge in [-0.2, -0.15) is 0 Å². The Hall–Kier alpha value is -1.23. The number of furan rings is 1. The third-order valence-electron chi connectivity index (χ3n) is 1.41. The number of hydrogen-bond donors (Lipinski definition) is 0. The van der Waals surface area contributed by atoms with Crippen molar-refractivity contribution < 1.29 is 8.81 Å². The highest BCUT2D eigenvalue weighted by Gasteiger charge is 2.02. The van der Waals surface area contributed by atoms with Crippen LogP contribution in [0.5, 0.6) is 0 Å². The summed E-state index contributed by atoms with van der Waals surface area (Å²) < 4.78 is 17.4. The van der Waals surface area contributed by atoms with Crippen LogP contribution in [0.3, 0.4) is 0 Å². The minimum atomic E-state index is -1.15. The Morgan fingerprint density at radius 1 is 1.73 bits per heavy atom. The van der Waals surface area contributed by atoms with Crippen molar-refractivity contribution >= 4 is 0 Å². The number of alkyl halides is 1. The molecule has 2 heteroatoms. The van der Waals surface area contributed by atoms with Crippen molar-refractivity contribution in [2.75, 3.05) is 0 Å².